The van der Waals surface area contributed by atoms with Gasteiger partial charge in [0, 0.05) is 39.0 Å². The quantitative estimate of drug-likeness (QED) is 0.798. The molecule has 1 aromatic rings. The van der Waals surface area contributed by atoms with Crippen molar-refractivity contribution in [3.05, 3.63) is 30.9 Å². The van der Waals surface area contributed by atoms with E-state index in [1.807, 2.05) is 25.5 Å². The molecule has 2 saturated heterocycles. The second-order valence-corrected chi connectivity index (χ2v) is 6.64. The van der Waals surface area contributed by atoms with Crippen molar-refractivity contribution in [2.75, 3.05) is 19.6 Å². The van der Waals surface area contributed by atoms with Crippen LogP contribution in [0.2, 0.25) is 0 Å². The molecule has 5 heteroatoms. The Bertz CT molecular complexity index is 549. The number of aryl methyl sites for hydroxylation is 1. The van der Waals surface area contributed by atoms with Crippen molar-refractivity contribution < 1.29 is 4.79 Å². The number of carbonyl (C=O) groups is 1. The van der Waals surface area contributed by atoms with Crippen LogP contribution in [0, 0.1) is 0 Å². The largest absolute Gasteiger partial charge is 0.337 e. The molecular formula is C17H26N4O. The Morgan fingerprint density at radius 1 is 1.41 bits per heavy atom. The summed E-state index contributed by atoms with van der Waals surface area (Å²) in [6, 6.07) is 0. The number of carbonyl (C=O) groups excluding carboxylic acids is 1. The zero-order valence-electron chi connectivity index (χ0n) is 13.5. The fourth-order valence-corrected chi connectivity index (χ4v) is 4.04. The number of nitrogens with zero attached hydrogens (tertiary/aromatic N) is 4. The maximum Gasteiger partial charge on any atom is 0.223 e. The van der Waals surface area contributed by atoms with Gasteiger partial charge in [0.25, 0.3) is 0 Å². The molecule has 0 aromatic carbocycles. The first-order chi connectivity index (χ1) is 10.6. The Balaban J connectivity index is 1.76. The summed E-state index contributed by atoms with van der Waals surface area (Å²) in [5.74, 6) is 1.39. The minimum Gasteiger partial charge on any atom is -0.337 e. The predicted octanol–water partition coefficient (Wildman–Crippen LogP) is 1.95. The van der Waals surface area contributed by atoms with E-state index in [9.17, 15) is 4.79 Å². The van der Waals surface area contributed by atoms with Crippen molar-refractivity contribution >= 4 is 5.91 Å². The van der Waals surface area contributed by atoms with Gasteiger partial charge in [0.1, 0.15) is 5.82 Å². The third-order valence-electron chi connectivity index (χ3n) is 5.14. The van der Waals surface area contributed by atoms with Crippen molar-refractivity contribution in [3.63, 3.8) is 0 Å². The van der Waals surface area contributed by atoms with Gasteiger partial charge in [0.2, 0.25) is 5.91 Å². The lowest BCUT2D eigenvalue weighted by Gasteiger charge is -2.52. The molecule has 120 valence electrons. The summed E-state index contributed by atoms with van der Waals surface area (Å²) in [5, 5.41) is 0. The molecule has 0 radical (unpaired) electrons. The van der Waals surface area contributed by atoms with Gasteiger partial charge in [-0.25, -0.2) is 4.98 Å². The molecule has 3 rings (SSSR count). The van der Waals surface area contributed by atoms with E-state index < -0.39 is 0 Å². The number of amides is 1. The van der Waals surface area contributed by atoms with Crippen molar-refractivity contribution in [3.8, 4) is 0 Å². The fourth-order valence-electron chi connectivity index (χ4n) is 4.04. The van der Waals surface area contributed by atoms with Gasteiger partial charge in [-0.3, -0.25) is 9.69 Å². The van der Waals surface area contributed by atoms with E-state index in [2.05, 4.69) is 25.9 Å². The molecule has 1 amide bonds. The van der Waals surface area contributed by atoms with Gasteiger partial charge in [-0.15, -0.1) is 6.58 Å². The highest BCUT2D eigenvalue weighted by molar-refractivity contribution is 5.78. The number of imidazole rings is 1. The topological polar surface area (TPSA) is 41.4 Å². The van der Waals surface area contributed by atoms with Crippen molar-refractivity contribution in [1.82, 2.24) is 19.4 Å². The molecule has 0 N–H and O–H groups in total. The lowest BCUT2D eigenvalue weighted by atomic mass is 9.79. The van der Waals surface area contributed by atoms with Crippen LogP contribution in [-0.2, 0) is 18.4 Å². The number of hydrogen-bond donors (Lipinski definition) is 0. The lowest BCUT2D eigenvalue weighted by molar-refractivity contribution is -0.144. The number of aromatic nitrogens is 2. The summed E-state index contributed by atoms with van der Waals surface area (Å²) in [4.78, 5) is 21.4. The Kier molecular flexibility index (Phi) is 4.34. The zero-order chi connectivity index (χ0) is 15.6. The van der Waals surface area contributed by atoms with Gasteiger partial charge in [0.15, 0.2) is 0 Å². The Morgan fingerprint density at radius 2 is 2.23 bits per heavy atom. The van der Waals surface area contributed by atoms with E-state index in [1.165, 1.54) is 0 Å². The van der Waals surface area contributed by atoms with Crippen LogP contribution in [0.1, 0.15) is 37.9 Å². The smallest absolute Gasteiger partial charge is 0.223 e. The first-order valence-corrected chi connectivity index (χ1v) is 8.24. The van der Waals surface area contributed by atoms with Crippen LogP contribution >= 0.6 is 0 Å². The van der Waals surface area contributed by atoms with Gasteiger partial charge < -0.3 is 9.47 Å². The Hall–Kier alpha value is -1.62. The fraction of sp³-hybridized carbons (Fsp3) is 0.647. The van der Waals surface area contributed by atoms with E-state index >= 15 is 0 Å². The average Bonchev–Trinajstić information content (AvgIpc) is 2.89. The molecule has 2 aliphatic rings. The molecule has 1 aromatic heterocycles. The summed E-state index contributed by atoms with van der Waals surface area (Å²) in [6.07, 6.45) is 10.8. The molecule has 2 aliphatic heterocycles. The van der Waals surface area contributed by atoms with E-state index in [-0.39, 0.29) is 5.54 Å². The maximum atomic E-state index is 12.4. The number of rotatable bonds is 4. The lowest BCUT2D eigenvalue weighted by Crippen LogP contribution is -2.62. The van der Waals surface area contributed by atoms with Crippen LogP contribution in [0.5, 0.6) is 0 Å². The Labute approximate surface area is 132 Å². The number of hydrogen-bond acceptors (Lipinski definition) is 3. The van der Waals surface area contributed by atoms with Gasteiger partial charge in [-0.2, -0.15) is 0 Å². The molecular weight excluding hydrogens is 276 g/mol. The summed E-state index contributed by atoms with van der Waals surface area (Å²) in [5.41, 5.74) is 0.00688. The van der Waals surface area contributed by atoms with Crippen LogP contribution in [0.25, 0.3) is 0 Å². The van der Waals surface area contributed by atoms with Crippen LogP contribution in [0.3, 0.4) is 0 Å². The molecule has 22 heavy (non-hydrogen) atoms. The number of piperidine rings is 2. The van der Waals surface area contributed by atoms with Crippen LogP contribution < -0.4 is 0 Å². The molecule has 1 spiro atoms. The number of likely N-dealkylation sites (tertiary alicyclic amines) is 2. The molecule has 1 atom stereocenters. The molecule has 0 unspecified atom stereocenters. The second kappa shape index (κ2) is 6.24. The molecule has 2 fully saturated rings. The predicted molar refractivity (Wildman–Crippen MR) is 86.2 cm³/mol. The van der Waals surface area contributed by atoms with Gasteiger partial charge in [-0.1, -0.05) is 6.08 Å². The molecule has 0 saturated carbocycles. The van der Waals surface area contributed by atoms with Crippen molar-refractivity contribution in [2.24, 2.45) is 7.05 Å². The molecule has 0 bridgehead atoms. The third kappa shape index (κ3) is 2.82. The van der Waals surface area contributed by atoms with Crippen LogP contribution in [0.15, 0.2) is 25.0 Å². The maximum absolute atomic E-state index is 12.4. The van der Waals surface area contributed by atoms with Gasteiger partial charge >= 0.3 is 0 Å². The monoisotopic (exact) mass is 302 g/mol. The van der Waals surface area contributed by atoms with Gasteiger partial charge in [0.05, 0.1) is 12.1 Å². The SMILES string of the molecule is C=CCN1C(=O)CCC[C@@]12CCCN(Cc1nccn1C)C2. The van der Waals surface area contributed by atoms with Crippen molar-refractivity contribution in [1.29, 1.82) is 0 Å². The molecule has 5 nitrogen and oxygen atoms in total. The average molecular weight is 302 g/mol. The molecule has 0 aliphatic carbocycles. The van der Waals surface area contributed by atoms with Crippen LogP contribution in [0.4, 0.5) is 0 Å². The first-order valence-electron chi connectivity index (χ1n) is 8.24. The van der Waals surface area contributed by atoms with E-state index in [1.54, 1.807) is 0 Å². The molecule has 3 heterocycles. The van der Waals surface area contributed by atoms with E-state index in [4.69, 9.17) is 0 Å². The summed E-state index contributed by atoms with van der Waals surface area (Å²) in [7, 11) is 2.04. The first kappa shape index (κ1) is 15.3. The minimum absolute atomic E-state index is 0.00688. The van der Waals surface area contributed by atoms with E-state index in [0.717, 1.165) is 51.1 Å². The van der Waals surface area contributed by atoms with Gasteiger partial charge in [-0.05, 0) is 32.2 Å². The highest BCUT2D eigenvalue weighted by Crippen LogP contribution is 2.37. The third-order valence-corrected chi connectivity index (χ3v) is 5.14. The summed E-state index contributed by atoms with van der Waals surface area (Å²) >= 11 is 0. The zero-order valence-corrected chi connectivity index (χ0v) is 13.5. The highest BCUT2D eigenvalue weighted by Gasteiger charge is 2.44. The highest BCUT2D eigenvalue weighted by atomic mass is 16.2. The summed E-state index contributed by atoms with van der Waals surface area (Å²) < 4.78 is 2.08. The second-order valence-electron chi connectivity index (χ2n) is 6.64. The van der Waals surface area contributed by atoms with Crippen LogP contribution in [-0.4, -0.2) is 50.4 Å². The van der Waals surface area contributed by atoms with Crippen molar-refractivity contribution in [2.45, 2.75) is 44.2 Å². The minimum atomic E-state index is 0.00688. The Morgan fingerprint density at radius 3 is 2.95 bits per heavy atom. The summed E-state index contributed by atoms with van der Waals surface area (Å²) in [6.45, 7) is 7.42. The van der Waals surface area contributed by atoms with E-state index in [0.29, 0.717) is 18.9 Å². The normalized spacial score (nSPS) is 26.6. The standard InChI is InChI=1S/C17H26N4O/c1-3-10-21-16(22)6-4-7-17(21)8-5-11-20(14-17)13-15-18-9-12-19(15)2/h3,9,12H,1,4-8,10-11,13-14H2,2H3/t17-/m0/s1.